The molecule has 0 aliphatic carbocycles. The number of carbonyl (C=O) groups is 1. The summed E-state index contributed by atoms with van der Waals surface area (Å²) < 4.78 is 27.4. The summed E-state index contributed by atoms with van der Waals surface area (Å²) in [6.45, 7) is 2.49. The van der Waals surface area contributed by atoms with Crippen LogP contribution in [0.3, 0.4) is 0 Å². The van der Waals surface area contributed by atoms with Crippen LogP contribution in [0, 0.1) is 17.0 Å². The van der Waals surface area contributed by atoms with Gasteiger partial charge in [-0.15, -0.1) is 0 Å². The molecule has 0 spiro atoms. The summed E-state index contributed by atoms with van der Waals surface area (Å²) in [4.78, 5) is 23.3. The first-order valence-electron chi connectivity index (χ1n) is 9.46. The van der Waals surface area contributed by atoms with Crippen LogP contribution >= 0.6 is 0 Å². The molecule has 1 aliphatic rings. The van der Waals surface area contributed by atoms with E-state index in [1.807, 2.05) is 0 Å². The highest BCUT2D eigenvalue weighted by atomic mass is 32.2. The fraction of sp³-hybridized carbons (Fsp3) is 0.350. The van der Waals surface area contributed by atoms with Gasteiger partial charge in [-0.3, -0.25) is 14.9 Å². The van der Waals surface area contributed by atoms with E-state index in [-0.39, 0.29) is 21.7 Å². The zero-order chi connectivity index (χ0) is 21.0. The number of rotatable bonds is 5. The number of hydrogen-bond donors (Lipinski definition) is 1. The van der Waals surface area contributed by atoms with Gasteiger partial charge in [-0.25, -0.2) is 8.42 Å². The number of carbonyl (C=O) groups excluding carboxylic acids is 1. The number of hydrogen-bond acceptors (Lipinski definition) is 5. The molecule has 0 bridgehead atoms. The molecule has 2 aromatic carbocycles. The first-order valence-corrected chi connectivity index (χ1v) is 10.9. The molecule has 1 fully saturated rings. The minimum absolute atomic E-state index is 0.118. The molecule has 29 heavy (non-hydrogen) atoms. The van der Waals surface area contributed by atoms with Crippen molar-refractivity contribution >= 4 is 27.3 Å². The second-order valence-electron chi connectivity index (χ2n) is 7.01. The molecule has 0 saturated carbocycles. The maximum atomic E-state index is 13.0. The first kappa shape index (κ1) is 20.9. The van der Waals surface area contributed by atoms with Crippen molar-refractivity contribution in [3.63, 3.8) is 0 Å². The zero-order valence-electron chi connectivity index (χ0n) is 16.1. The number of sulfonamides is 1. The van der Waals surface area contributed by atoms with Gasteiger partial charge in [0.2, 0.25) is 10.0 Å². The van der Waals surface area contributed by atoms with E-state index in [1.54, 1.807) is 12.1 Å². The molecule has 1 heterocycles. The van der Waals surface area contributed by atoms with Gasteiger partial charge in [-0.1, -0.05) is 25.0 Å². The second-order valence-corrected chi connectivity index (χ2v) is 8.94. The Kier molecular flexibility index (Phi) is 6.29. The molecule has 3 rings (SSSR count). The maximum Gasteiger partial charge on any atom is 0.273 e. The Morgan fingerprint density at radius 2 is 1.72 bits per heavy atom. The standard InChI is InChI=1S/C20H23N3O5S/c1-15-18(10-7-11-19(15)23(25)26)20(24)21-16-8-6-9-17(14-16)29(27,28)22-12-4-2-3-5-13-22/h6-11,14H,2-5,12-13H2,1H3,(H,21,24). The van der Waals surface area contributed by atoms with Gasteiger partial charge < -0.3 is 5.32 Å². The summed E-state index contributed by atoms with van der Waals surface area (Å²) in [5, 5.41) is 13.7. The minimum atomic E-state index is -3.64. The van der Waals surface area contributed by atoms with Gasteiger partial charge in [0.1, 0.15) is 0 Å². The van der Waals surface area contributed by atoms with E-state index in [0.717, 1.165) is 25.7 Å². The fourth-order valence-corrected chi connectivity index (χ4v) is 4.99. The summed E-state index contributed by atoms with van der Waals surface area (Å²) >= 11 is 0. The van der Waals surface area contributed by atoms with Gasteiger partial charge in [0.05, 0.1) is 9.82 Å². The van der Waals surface area contributed by atoms with Crippen LogP contribution in [0.15, 0.2) is 47.4 Å². The van der Waals surface area contributed by atoms with Crippen molar-refractivity contribution in [3.05, 3.63) is 63.7 Å². The van der Waals surface area contributed by atoms with Crippen LogP contribution in [0.4, 0.5) is 11.4 Å². The molecule has 0 radical (unpaired) electrons. The molecule has 9 heteroatoms. The molecular weight excluding hydrogens is 394 g/mol. The van der Waals surface area contributed by atoms with Crippen LogP contribution in [0.2, 0.25) is 0 Å². The Labute approximate surface area is 169 Å². The SMILES string of the molecule is Cc1c(C(=O)Nc2cccc(S(=O)(=O)N3CCCCCC3)c2)cccc1[N+](=O)[O-]. The quantitative estimate of drug-likeness (QED) is 0.589. The summed E-state index contributed by atoms with van der Waals surface area (Å²) in [6, 6.07) is 10.4. The topological polar surface area (TPSA) is 110 Å². The van der Waals surface area contributed by atoms with Crippen molar-refractivity contribution in [2.75, 3.05) is 18.4 Å². The molecule has 0 atom stereocenters. The van der Waals surface area contributed by atoms with E-state index in [2.05, 4.69) is 5.32 Å². The lowest BCUT2D eigenvalue weighted by Gasteiger charge is -2.20. The second kappa shape index (κ2) is 8.71. The van der Waals surface area contributed by atoms with Crippen LogP contribution < -0.4 is 5.32 Å². The zero-order valence-corrected chi connectivity index (χ0v) is 16.9. The third kappa shape index (κ3) is 4.63. The molecule has 1 aliphatic heterocycles. The lowest BCUT2D eigenvalue weighted by Crippen LogP contribution is -2.32. The van der Waals surface area contributed by atoms with Crippen molar-refractivity contribution in [2.45, 2.75) is 37.5 Å². The molecule has 1 saturated heterocycles. The Bertz CT molecular complexity index is 1030. The van der Waals surface area contributed by atoms with Crippen molar-refractivity contribution in [2.24, 2.45) is 0 Å². The number of nitrogens with one attached hydrogen (secondary N) is 1. The minimum Gasteiger partial charge on any atom is -0.322 e. The molecule has 1 N–H and O–H groups in total. The van der Waals surface area contributed by atoms with Crippen LogP contribution in [0.25, 0.3) is 0 Å². The summed E-state index contributed by atoms with van der Waals surface area (Å²) in [6.07, 6.45) is 3.71. The van der Waals surface area contributed by atoms with Crippen molar-refractivity contribution < 1.29 is 18.1 Å². The van der Waals surface area contributed by atoms with Gasteiger partial charge >= 0.3 is 0 Å². The van der Waals surface area contributed by atoms with Crippen LogP contribution in [-0.4, -0.2) is 36.6 Å². The van der Waals surface area contributed by atoms with Gasteiger partial charge in [0.15, 0.2) is 0 Å². The summed E-state index contributed by atoms with van der Waals surface area (Å²) in [5.74, 6) is -0.532. The van der Waals surface area contributed by atoms with Gasteiger partial charge in [-0.05, 0) is 44.0 Å². The fourth-order valence-electron chi connectivity index (χ4n) is 3.43. The van der Waals surface area contributed by atoms with Gasteiger partial charge in [-0.2, -0.15) is 4.31 Å². The third-order valence-electron chi connectivity index (χ3n) is 5.04. The van der Waals surface area contributed by atoms with Gasteiger partial charge in [0, 0.05) is 36.0 Å². The average Bonchev–Trinajstić information content (AvgIpc) is 2.98. The Hall–Kier alpha value is -2.78. The summed E-state index contributed by atoms with van der Waals surface area (Å²) in [5.41, 5.74) is 0.593. The Balaban J connectivity index is 1.84. The highest BCUT2D eigenvalue weighted by molar-refractivity contribution is 7.89. The highest BCUT2D eigenvalue weighted by Crippen LogP contribution is 2.25. The lowest BCUT2D eigenvalue weighted by molar-refractivity contribution is -0.385. The molecule has 1 amide bonds. The lowest BCUT2D eigenvalue weighted by atomic mass is 10.1. The first-order chi connectivity index (χ1) is 13.8. The Morgan fingerprint density at radius 1 is 1.07 bits per heavy atom. The smallest absolute Gasteiger partial charge is 0.273 e. The van der Waals surface area contributed by atoms with E-state index in [9.17, 15) is 23.3 Å². The predicted octanol–water partition coefficient (Wildman–Crippen LogP) is 3.72. The largest absolute Gasteiger partial charge is 0.322 e. The third-order valence-corrected chi connectivity index (χ3v) is 6.94. The molecule has 154 valence electrons. The van der Waals surface area contributed by atoms with Crippen LogP contribution in [-0.2, 0) is 10.0 Å². The van der Waals surface area contributed by atoms with Crippen molar-refractivity contribution in [3.8, 4) is 0 Å². The van der Waals surface area contributed by atoms with Gasteiger partial charge in [0.25, 0.3) is 11.6 Å². The number of nitrogens with zero attached hydrogens (tertiary/aromatic N) is 2. The maximum absolute atomic E-state index is 13.0. The number of amides is 1. The van der Waals surface area contributed by atoms with Crippen LogP contribution in [0.5, 0.6) is 0 Å². The molecule has 8 nitrogen and oxygen atoms in total. The van der Waals surface area contributed by atoms with E-state index in [4.69, 9.17) is 0 Å². The number of nitro benzene ring substituents is 1. The predicted molar refractivity (Wildman–Crippen MR) is 109 cm³/mol. The average molecular weight is 417 g/mol. The van der Waals surface area contributed by atoms with E-state index in [1.165, 1.54) is 41.6 Å². The van der Waals surface area contributed by atoms with E-state index < -0.39 is 20.9 Å². The number of benzene rings is 2. The Morgan fingerprint density at radius 3 is 2.38 bits per heavy atom. The van der Waals surface area contributed by atoms with Crippen molar-refractivity contribution in [1.82, 2.24) is 4.31 Å². The molecular formula is C20H23N3O5S. The molecule has 2 aromatic rings. The number of nitro groups is 1. The van der Waals surface area contributed by atoms with E-state index in [0.29, 0.717) is 18.8 Å². The van der Waals surface area contributed by atoms with E-state index >= 15 is 0 Å². The van der Waals surface area contributed by atoms with Crippen LogP contribution in [0.1, 0.15) is 41.6 Å². The normalized spacial score (nSPS) is 15.5. The molecule has 0 aromatic heterocycles. The molecule has 0 unspecified atom stereocenters. The monoisotopic (exact) mass is 417 g/mol. The number of anilines is 1. The summed E-state index contributed by atoms with van der Waals surface area (Å²) in [7, 11) is -3.64. The van der Waals surface area contributed by atoms with Crippen molar-refractivity contribution in [1.29, 1.82) is 0 Å². The highest BCUT2D eigenvalue weighted by Gasteiger charge is 2.25.